The Morgan fingerprint density at radius 2 is 2.31 bits per heavy atom. The predicted octanol–water partition coefficient (Wildman–Crippen LogP) is 3.07. The summed E-state index contributed by atoms with van der Waals surface area (Å²) in [4.78, 5) is 10.5. The zero-order valence-electron chi connectivity index (χ0n) is 6.88. The maximum Gasteiger partial charge on any atom is 0.306 e. The van der Waals surface area contributed by atoms with Crippen molar-refractivity contribution < 1.29 is 14.3 Å². The SMILES string of the molecule is CC(Cc1cc(Br)c(Br)o1)C(=O)O. The summed E-state index contributed by atoms with van der Waals surface area (Å²) in [5, 5.41) is 8.65. The number of halogens is 2. The van der Waals surface area contributed by atoms with Gasteiger partial charge in [0, 0.05) is 6.42 Å². The number of hydrogen-bond acceptors (Lipinski definition) is 2. The fourth-order valence-corrected chi connectivity index (χ4v) is 1.54. The van der Waals surface area contributed by atoms with Crippen LogP contribution in [0.4, 0.5) is 0 Å². The average Bonchev–Trinajstić information content (AvgIpc) is 2.31. The minimum Gasteiger partial charge on any atom is -0.481 e. The van der Waals surface area contributed by atoms with Gasteiger partial charge in [-0.05, 0) is 37.9 Å². The summed E-state index contributed by atoms with van der Waals surface area (Å²) >= 11 is 6.44. The second-order valence-corrected chi connectivity index (χ2v) is 4.35. The minimum atomic E-state index is -0.816. The third kappa shape index (κ3) is 2.84. The van der Waals surface area contributed by atoms with E-state index in [1.165, 1.54) is 0 Å². The minimum absolute atomic E-state index is 0.402. The molecule has 0 amide bonds. The van der Waals surface area contributed by atoms with Crippen molar-refractivity contribution in [1.82, 2.24) is 0 Å². The highest BCUT2D eigenvalue weighted by Gasteiger charge is 2.15. The van der Waals surface area contributed by atoms with E-state index in [1.54, 1.807) is 13.0 Å². The Morgan fingerprint density at radius 1 is 1.69 bits per heavy atom. The van der Waals surface area contributed by atoms with Gasteiger partial charge >= 0.3 is 5.97 Å². The highest BCUT2D eigenvalue weighted by Crippen LogP contribution is 2.27. The van der Waals surface area contributed by atoms with Crippen LogP contribution in [0.3, 0.4) is 0 Å². The van der Waals surface area contributed by atoms with Gasteiger partial charge in [0.05, 0.1) is 10.4 Å². The Bertz CT molecular complexity index is 300. The van der Waals surface area contributed by atoms with Gasteiger partial charge in [-0.1, -0.05) is 6.92 Å². The molecule has 0 saturated carbocycles. The highest BCUT2D eigenvalue weighted by molar-refractivity contribution is 9.13. The van der Waals surface area contributed by atoms with Crippen LogP contribution < -0.4 is 0 Å². The van der Waals surface area contributed by atoms with Crippen LogP contribution in [0.1, 0.15) is 12.7 Å². The van der Waals surface area contributed by atoms with Crippen LogP contribution in [0.25, 0.3) is 0 Å². The molecule has 1 atom stereocenters. The standard InChI is InChI=1S/C8H8Br2O3/c1-4(8(11)12)2-5-3-6(9)7(10)13-5/h3-4H,2H2,1H3,(H,11,12). The Balaban J connectivity index is 2.69. The van der Waals surface area contributed by atoms with Gasteiger partial charge < -0.3 is 9.52 Å². The number of carboxylic acid groups (broad SMARTS) is 1. The molecule has 72 valence electrons. The number of furan rings is 1. The van der Waals surface area contributed by atoms with E-state index < -0.39 is 11.9 Å². The molecule has 0 saturated heterocycles. The van der Waals surface area contributed by atoms with Crippen LogP contribution in [0.15, 0.2) is 19.6 Å². The van der Waals surface area contributed by atoms with E-state index in [0.717, 1.165) is 4.47 Å². The van der Waals surface area contributed by atoms with Gasteiger partial charge in [0.25, 0.3) is 0 Å². The Morgan fingerprint density at radius 3 is 2.69 bits per heavy atom. The van der Waals surface area contributed by atoms with Crippen LogP contribution in [-0.4, -0.2) is 11.1 Å². The van der Waals surface area contributed by atoms with E-state index in [9.17, 15) is 4.79 Å². The monoisotopic (exact) mass is 310 g/mol. The lowest BCUT2D eigenvalue weighted by Crippen LogP contribution is -2.11. The maximum absolute atomic E-state index is 10.5. The second-order valence-electron chi connectivity index (χ2n) is 2.78. The quantitative estimate of drug-likeness (QED) is 0.933. The van der Waals surface area contributed by atoms with Crippen molar-refractivity contribution in [1.29, 1.82) is 0 Å². The molecule has 1 heterocycles. The molecular formula is C8H8Br2O3. The van der Waals surface area contributed by atoms with Gasteiger partial charge in [-0.15, -0.1) is 0 Å². The normalized spacial score (nSPS) is 12.8. The largest absolute Gasteiger partial charge is 0.481 e. The summed E-state index contributed by atoms with van der Waals surface area (Å²) < 4.78 is 6.64. The fourth-order valence-electron chi connectivity index (χ4n) is 0.881. The number of hydrogen-bond donors (Lipinski definition) is 1. The summed E-state index contributed by atoms with van der Waals surface area (Å²) in [5.74, 6) is -0.581. The smallest absolute Gasteiger partial charge is 0.306 e. The first kappa shape index (κ1) is 10.8. The lowest BCUT2D eigenvalue weighted by Gasteiger charge is -2.01. The van der Waals surface area contributed by atoms with E-state index in [0.29, 0.717) is 16.9 Å². The molecular weight excluding hydrogens is 304 g/mol. The summed E-state index contributed by atoms with van der Waals surface area (Å²) in [6.45, 7) is 1.65. The van der Waals surface area contributed by atoms with Crippen molar-refractivity contribution >= 4 is 37.8 Å². The number of carboxylic acids is 1. The first-order valence-corrected chi connectivity index (χ1v) is 5.26. The summed E-state index contributed by atoms with van der Waals surface area (Å²) in [6.07, 6.45) is 0.402. The van der Waals surface area contributed by atoms with Gasteiger partial charge in [0.1, 0.15) is 5.76 Å². The number of carbonyl (C=O) groups is 1. The van der Waals surface area contributed by atoms with Crippen LogP contribution in [0.2, 0.25) is 0 Å². The third-order valence-corrected chi connectivity index (χ3v) is 3.34. The zero-order valence-corrected chi connectivity index (χ0v) is 10.1. The summed E-state index contributed by atoms with van der Waals surface area (Å²) in [6, 6.07) is 1.77. The van der Waals surface area contributed by atoms with Crippen molar-refractivity contribution in [2.24, 2.45) is 5.92 Å². The topological polar surface area (TPSA) is 50.4 Å². The van der Waals surface area contributed by atoms with Crippen molar-refractivity contribution in [3.8, 4) is 0 Å². The van der Waals surface area contributed by atoms with E-state index in [2.05, 4.69) is 31.9 Å². The molecule has 1 aromatic heterocycles. The molecule has 13 heavy (non-hydrogen) atoms. The first-order valence-electron chi connectivity index (χ1n) is 3.67. The predicted molar refractivity (Wildman–Crippen MR) is 54.6 cm³/mol. The van der Waals surface area contributed by atoms with Gasteiger partial charge in [0.15, 0.2) is 4.67 Å². The molecule has 0 aliphatic rings. The average molecular weight is 312 g/mol. The first-order chi connectivity index (χ1) is 6.00. The Labute approximate surface area is 92.4 Å². The van der Waals surface area contributed by atoms with Gasteiger partial charge in [-0.2, -0.15) is 0 Å². The van der Waals surface area contributed by atoms with Crippen molar-refractivity contribution in [3.05, 3.63) is 21.0 Å². The lowest BCUT2D eigenvalue weighted by atomic mass is 10.1. The molecule has 0 spiro atoms. The van der Waals surface area contributed by atoms with E-state index in [1.807, 2.05) is 0 Å². The van der Waals surface area contributed by atoms with Crippen molar-refractivity contribution in [3.63, 3.8) is 0 Å². The molecule has 1 unspecified atom stereocenters. The molecule has 1 aromatic rings. The van der Waals surface area contributed by atoms with Gasteiger partial charge in [0.2, 0.25) is 0 Å². The molecule has 0 aromatic carbocycles. The Kier molecular flexibility index (Phi) is 3.55. The molecule has 0 bridgehead atoms. The van der Waals surface area contributed by atoms with E-state index in [4.69, 9.17) is 9.52 Å². The molecule has 3 nitrogen and oxygen atoms in total. The molecule has 1 rings (SSSR count). The number of aliphatic carboxylic acids is 1. The molecule has 1 N–H and O–H groups in total. The molecule has 0 aliphatic heterocycles. The third-order valence-electron chi connectivity index (χ3n) is 1.63. The van der Waals surface area contributed by atoms with Crippen LogP contribution >= 0.6 is 31.9 Å². The van der Waals surface area contributed by atoms with Crippen molar-refractivity contribution in [2.45, 2.75) is 13.3 Å². The van der Waals surface area contributed by atoms with Crippen molar-refractivity contribution in [2.75, 3.05) is 0 Å². The maximum atomic E-state index is 10.5. The summed E-state index contributed by atoms with van der Waals surface area (Å²) in [5.41, 5.74) is 0. The zero-order chi connectivity index (χ0) is 10.0. The number of rotatable bonds is 3. The molecule has 0 fully saturated rings. The van der Waals surface area contributed by atoms with Crippen LogP contribution in [0.5, 0.6) is 0 Å². The fraction of sp³-hybridized carbons (Fsp3) is 0.375. The lowest BCUT2D eigenvalue weighted by molar-refractivity contribution is -0.141. The van der Waals surface area contributed by atoms with E-state index in [-0.39, 0.29) is 0 Å². The molecule has 0 radical (unpaired) electrons. The van der Waals surface area contributed by atoms with Crippen LogP contribution in [-0.2, 0) is 11.2 Å². The van der Waals surface area contributed by atoms with Gasteiger partial charge in [-0.3, -0.25) is 4.79 Å². The van der Waals surface area contributed by atoms with Crippen LogP contribution in [0, 0.1) is 5.92 Å². The second kappa shape index (κ2) is 4.28. The Hall–Kier alpha value is -0.290. The highest BCUT2D eigenvalue weighted by atomic mass is 79.9. The van der Waals surface area contributed by atoms with Gasteiger partial charge in [-0.25, -0.2) is 0 Å². The molecule has 5 heteroatoms. The summed E-state index contributed by atoms with van der Waals surface area (Å²) in [7, 11) is 0. The molecule has 0 aliphatic carbocycles. The van der Waals surface area contributed by atoms with E-state index >= 15 is 0 Å².